The summed E-state index contributed by atoms with van der Waals surface area (Å²) in [5.74, 6) is -0.430. The van der Waals surface area contributed by atoms with E-state index in [1.54, 1.807) is 30.3 Å². The molecule has 2 aromatic heterocycles. The fraction of sp³-hybridized carbons (Fsp3) is 0.190. The largest absolute Gasteiger partial charge is 0.484 e. The topological polar surface area (TPSA) is 86.4 Å². The van der Waals surface area contributed by atoms with Crippen molar-refractivity contribution in [3.05, 3.63) is 70.8 Å². The number of nitrogens with one attached hydrogen (secondary N) is 1. The number of carbonyl (C=O) groups is 1. The molecular formula is C21H16F3N3O4. The molecule has 1 N–H and O–H groups in total. The highest BCUT2D eigenvalue weighted by molar-refractivity contribution is 6.01. The molecule has 4 rings (SSSR count). The second kappa shape index (κ2) is 8.13. The van der Waals surface area contributed by atoms with E-state index in [1.807, 2.05) is 0 Å². The van der Waals surface area contributed by atoms with Crippen LogP contribution in [-0.2, 0) is 17.9 Å². The van der Waals surface area contributed by atoms with Gasteiger partial charge in [0.2, 0.25) is 11.5 Å². The van der Waals surface area contributed by atoms with Crippen molar-refractivity contribution in [2.75, 3.05) is 6.61 Å². The van der Waals surface area contributed by atoms with Crippen molar-refractivity contribution in [3.63, 3.8) is 0 Å². The second-order valence-corrected chi connectivity index (χ2v) is 6.78. The maximum absolute atomic E-state index is 12.6. The van der Waals surface area contributed by atoms with Gasteiger partial charge in [-0.1, -0.05) is 24.3 Å². The standard InChI is InChI=1S/C21H16F3N3O4/c22-21(23,24)11-30-14-5-3-4-13(8-14)9-25-17(28)10-27-12-26-18-15-6-1-2-7-16(15)31-19(18)20(27)29/h1-8,12H,9-11H2,(H,25,28). The molecule has 0 spiro atoms. The molecule has 0 radical (unpaired) electrons. The van der Waals surface area contributed by atoms with Gasteiger partial charge < -0.3 is 14.5 Å². The number of aromatic nitrogens is 2. The Morgan fingerprint density at radius 2 is 1.97 bits per heavy atom. The molecule has 0 bridgehead atoms. The normalized spacial score (nSPS) is 11.7. The maximum atomic E-state index is 12.6. The number of hydrogen-bond acceptors (Lipinski definition) is 5. The van der Waals surface area contributed by atoms with Gasteiger partial charge in [-0.15, -0.1) is 0 Å². The molecule has 31 heavy (non-hydrogen) atoms. The quantitative estimate of drug-likeness (QED) is 0.506. The first kappa shape index (κ1) is 20.5. The number of ether oxygens (including phenoxy) is 1. The summed E-state index contributed by atoms with van der Waals surface area (Å²) in [6, 6.07) is 13.1. The Hall–Kier alpha value is -3.82. The molecule has 4 aromatic rings. The van der Waals surface area contributed by atoms with Gasteiger partial charge in [-0.25, -0.2) is 4.98 Å². The summed E-state index contributed by atoms with van der Waals surface area (Å²) in [5, 5.41) is 3.32. The molecule has 0 aliphatic heterocycles. The van der Waals surface area contributed by atoms with E-state index in [2.05, 4.69) is 10.3 Å². The molecule has 0 saturated carbocycles. The zero-order chi connectivity index (χ0) is 22.0. The van der Waals surface area contributed by atoms with E-state index in [9.17, 15) is 22.8 Å². The third kappa shape index (κ3) is 4.68. The summed E-state index contributed by atoms with van der Waals surface area (Å²) in [6.45, 7) is -1.64. The molecule has 1 amide bonds. The van der Waals surface area contributed by atoms with Gasteiger partial charge in [-0.05, 0) is 29.8 Å². The first-order chi connectivity index (χ1) is 14.8. The molecule has 0 saturated heterocycles. The van der Waals surface area contributed by atoms with Crippen molar-refractivity contribution < 1.29 is 27.1 Å². The van der Waals surface area contributed by atoms with Gasteiger partial charge >= 0.3 is 6.18 Å². The van der Waals surface area contributed by atoms with Crippen LogP contribution in [0.1, 0.15) is 5.56 Å². The van der Waals surface area contributed by atoms with Crippen LogP contribution >= 0.6 is 0 Å². The van der Waals surface area contributed by atoms with Crippen LogP contribution in [0.4, 0.5) is 13.2 Å². The zero-order valence-corrected chi connectivity index (χ0v) is 16.0. The van der Waals surface area contributed by atoms with E-state index in [4.69, 9.17) is 9.15 Å². The number of fused-ring (bicyclic) bond motifs is 3. The van der Waals surface area contributed by atoms with Gasteiger partial charge in [-0.2, -0.15) is 13.2 Å². The van der Waals surface area contributed by atoms with Crippen LogP contribution in [0.2, 0.25) is 0 Å². The average molecular weight is 431 g/mol. The number of halogens is 3. The monoisotopic (exact) mass is 431 g/mol. The van der Waals surface area contributed by atoms with Gasteiger partial charge in [0.15, 0.2) is 6.61 Å². The second-order valence-electron chi connectivity index (χ2n) is 6.78. The Balaban J connectivity index is 1.42. The fourth-order valence-electron chi connectivity index (χ4n) is 3.05. The summed E-state index contributed by atoms with van der Waals surface area (Å²) < 4.78 is 48.2. The minimum atomic E-state index is -4.44. The predicted octanol–water partition coefficient (Wildman–Crippen LogP) is 3.40. The summed E-state index contributed by atoms with van der Waals surface area (Å²) >= 11 is 0. The van der Waals surface area contributed by atoms with E-state index in [1.165, 1.54) is 24.5 Å². The van der Waals surface area contributed by atoms with Crippen LogP contribution in [-0.4, -0.2) is 28.2 Å². The molecule has 160 valence electrons. The lowest BCUT2D eigenvalue weighted by Crippen LogP contribution is -2.32. The lowest BCUT2D eigenvalue weighted by molar-refractivity contribution is -0.153. The van der Waals surface area contributed by atoms with Gasteiger partial charge in [0.05, 0.1) is 6.33 Å². The first-order valence-corrected chi connectivity index (χ1v) is 9.22. The van der Waals surface area contributed by atoms with E-state index in [0.29, 0.717) is 22.0 Å². The third-order valence-electron chi connectivity index (χ3n) is 4.46. The number of hydrogen-bond donors (Lipinski definition) is 1. The smallest absolute Gasteiger partial charge is 0.422 e. The van der Waals surface area contributed by atoms with Crippen molar-refractivity contribution >= 4 is 28.0 Å². The summed E-state index contributed by atoms with van der Waals surface area (Å²) in [7, 11) is 0. The Labute approximate surface area is 173 Å². The van der Waals surface area contributed by atoms with Crippen molar-refractivity contribution in [2.45, 2.75) is 19.3 Å². The highest BCUT2D eigenvalue weighted by Gasteiger charge is 2.28. The molecule has 0 aliphatic carbocycles. The number of para-hydroxylation sites is 1. The molecule has 0 atom stereocenters. The molecule has 7 nitrogen and oxygen atoms in total. The lowest BCUT2D eigenvalue weighted by atomic mass is 10.2. The highest BCUT2D eigenvalue weighted by Crippen LogP contribution is 2.24. The molecule has 0 aliphatic rings. The Bertz CT molecular complexity index is 1310. The van der Waals surface area contributed by atoms with Crippen molar-refractivity contribution in [1.29, 1.82) is 0 Å². The van der Waals surface area contributed by atoms with Crippen LogP contribution < -0.4 is 15.6 Å². The maximum Gasteiger partial charge on any atom is 0.422 e. The molecule has 2 aromatic carbocycles. The van der Waals surface area contributed by atoms with Crippen LogP contribution in [0.5, 0.6) is 5.75 Å². The number of carbonyl (C=O) groups excluding carboxylic acids is 1. The predicted molar refractivity (Wildman–Crippen MR) is 106 cm³/mol. The summed E-state index contributed by atoms with van der Waals surface area (Å²) in [6.07, 6.45) is -3.16. The molecule has 0 unspecified atom stereocenters. The van der Waals surface area contributed by atoms with E-state index in [0.717, 1.165) is 4.57 Å². The van der Waals surface area contributed by atoms with Crippen LogP contribution in [0.15, 0.2) is 64.1 Å². The number of amides is 1. The number of rotatable bonds is 6. The van der Waals surface area contributed by atoms with Gasteiger partial charge in [-0.3, -0.25) is 14.2 Å². The number of alkyl halides is 3. The van der Waals surface area contributed by atoms with Gasteiger partial charge in [0.25, 0.3) is 5.56 Å². The Morgan fingerprint density at radius 3 is 2.77 bits per heavy atom. The first-order valence-electron chi connectivity index (χ1n) is 9.22. The van der Waals surface area contributed by atoms with E-state index in [-0.39, 0.29) is 24.4 Å². The van der Waals surface area contributed by atoms with E-state index < -0.39 is 24.2 Å². The third-order valence-corrected chi connectivity index (χ3v) is 4.46. The number of furan rings is 1. The Morgan fingerprint density at radius 1 is 1.16 bits per heavy atom. The van der Waals surface area contributed by atoms with Crippen LogP contribution in [0.25, 0.3) is 22.1 Å². The molecule has 10 heteroatoms. The van der Waals surface area contributed by atoms with Crippen molar-refractivity contribution in [2.24, 2.45) is 0 Å². The fourth-order valence-corrected chi connectivity index (χ4v) is 3.05. The molecular weight excluding hydrogens is 415 g/mol. The van der Waals surface area contributed by atoms with E-state index >= 15 is 0 Å². The van der Waals surface area contributed by atoms with Crippen molar-refractivity contribution in [3.8, 4) is 5.75 Å². The average Bonchev–Trinajstić information content (AvgIpc) is 3.12. The summed E-state index contributed by atoms with van der Waals surface area (Å²) in [5.41, 5.74) is 1.07. The highest BCUT2D eigenvalue weighted by atomic mass is 19.4. The van der Waals surface area contributed by atoms with Crippen LogP contribution in [0.3, 0.4) is 0 Å². The lowest BCUT2D eigenvalue weighted by Gasteiger charge is -2.11. The summed E-state index contributed by atoms with van der Waals surface area (Å²) in [4.78, 5) is 29.2. The SMILES string of the molecule is O=C(Cn1cnc2c(oc3ccccc32)c1=O)NCc1cccc(OCC(F)(F)F)c1. The minimum absolute atomic E-state index is 0.0415. The molecule has 0 fully saturated rings. The van der Waals surface area contributed by atoms with Gasteiger partial charge in [0, 0.05) is 11.9 Å². The van der Waals surface area contributed by atoms with Crippen LogP contribution in [0, 0.1) is 0 Å². The zero-order valence-electron chi connectivity index (χ0n) is 16.0. The minimum Gasteiger partial charge on any atom is -0.484 e. The number of benzene rings is 2. The molecule has 2 heterocycles. The van der Waals surface area contributed by atoms with Crippen molar-refractivity contribution in [1.82, 2.24) is 14.9 Å². The van der Waals surface area contributed by atoms with Gasteiger partial charge in [0.1, 0.15) is 23.4 Å². The number of nitrogens with zero attached hydrogens (tertiary/aromatic N) is 2. The Kier molecular flexibility index (Phi) is 5.37.